The van der Waals surface area contributed by atoms with Gasteiger partial charge < -0.3 is 15.2 Å². The Morgan fingerprint density at radius 1 is 1.14 bits per heavy atom. The zero-order chi connectivity index (χ0) is 15.2. The van der Waals surface area contributed by atoms with E-state index in [1.165, 1.54) is 12.1 Å². The van der Waals surface area contributed by atoms with Gasteiger partial charge in [0, 0.05) is 12.7 Å². The van der Waals surface area contributed by atoms with Crippen LogP contribution >= 0.6 is 0 Å². The molecule has 2 rings (SSSR count). The van der Waals surface area contributed by atoms with E-state index in [-0.39, 0.29) is 12.2 Å². The van der Waals surface area contributed by atoms with E-state index in [2.05, 4.69) is 0 Å². The second-order valence-corrected chi connectivity index (χ2v) is 4.64. The Kier molecular flexibility index (Phi) is 5.25. The van der Waals surface area contributed by atoms with Crippen molar-refractivity contribution in [3.05, 3.63) is 65.2 Å². The molecule has 2 aromatic rings. The van der Waals surface area contributed by atoms with Crippen molar-refractivity contribution in [1.82, 2.24) is 0 Å². The molecule has 0 radical (unpaired) electrons. The third-order valence-corrected chi connectivity index (χ3v) is 3.02. The maximum absolute atomic E-state index is 13.6. The fourth-order valence-electron chi connectivity index (χ4n) is 1.97. The minimum atomic E-state index is -0.929. The third-order valence-electron chi connectivity index (χ3n) is 3.02. The van der Waals surface area contributed by atoms with Gasteiger partial charge in [0.15, 0.2) is 11.6 Å². The summed E-state index contributed by atoms with van der Waals surface area (Å²) in [5.74, 6) is -1.23. The summed E-state index contributed by atoms with van der Waals surface area (Å²) in [6.45, 7) is 0.526. The van der Waals surface area contributed by atoms with Crippen molar-refractivity contribution in [2.24, 2.45) is 5.73 Å². The van der Waals surface area contributed by atoms with Crippen LogP contribution in [0.2, 0.25) is 0 Å². The van der Waals surface area contributed by atoms with Crippen molar-refractivity contribution >= 4 is 0 Å². The van der Waals surface area contributed by atoms with Crippen LogP contribution < -0.4 is 10.5 Å². The van der Waals surface area contributed by atoms with Crippen LogP contribution in [0.15, 0.2) is 42.5 Å². The molecule has 21 heavy (non-hydrogen) atoms. The van der Waals surface area contributed by atoms with E-state index in [0.717, 1.165) is 11.6 Å². The van der Waals surface area contributed by atoms with Gasteiger partial charge in [-0.15, -0.1) is 0 Å². The summed E-state index contributed by atoms with van der Waals surface area (Å²) < 4.78 is 37.3. The lowest BCUT2D eigenvalue weighted by Gasteiger charge is -2.15. The number of rotatable bonds is 6. The minimum absolute atomic E-state index is 0.0524. The summed E-state index contributed by atoms with van der Waals surface area (Å²) >= 11 is 0. The number of nitrogens with two attached hydrogens (primary N) is 1. The van der Waals surface area contributed by atoms with E-state index in [9.17, 15) is 8.78 Å². The first-order chi connectivity index (χ1) is 10.1. The second kappa shape index (κ2) is 7.15. The monoisotopic (exact) mass is 293 g/mol. The van der Waals surface area contributed by atoms with Gasteiger partial charge in [-0.25, -0.2) is 8.78 Å². The van der Waals surface area contributed by atoms with E-state index < -0.39 is 17.7 Å². The first kappa shape index (κ1) is 15.4. The molecule has 0 aliphatic carbocycles. The highest BCUT2D eigenvalue weighted by atomic mass is 19.2. The van der Waals surface area contributed by atoms with Crippen LogP contribution in [0.3, 0.4) is 0 Å². The molecule has 3 nitrogen and oxygen atoms in total. The number of halogens is 2. The van der Waals surface area contributed by atoms with Crippen LogP contribution in [-0.2, 0) is 11.3 Å². The molecule has 0 saturated carbocycles. The summed E-state index contributed by atoms with van der Waals surface area (Å²) in [4.78, 5) is 0. The molecule has 0 bridgehead atoms. The lowest BCUT2D eigenvalue weighted by atomic mass is 10.1. The Morgan fingerprint density at radius 3 is 2.67 bits per heavy atom. The van der Waals surface area contributed by atoms with Gasteiger partial charge >= 0.3 is 0 Å². The summed E-state index contributed by atoms with van der Waals surface area (Å²) in [6, 6.07) is 10.5. The molecule has 5 heteroatoms. The third kappa shape index (κ3) is 4.00. The molecule has 112 valence electrons. The molecular weight excluding hydrogens is 276 g/mol. The number of ether oxygens (including phenoxy) is 2. The highest BCUT2D eigenvalue weighted by Crippen LogP contribution is 2.20. The zero-order valence-corrected chi connectivity index (χ0v) is 11.7. The Bertz CT molecular complexity index is 605. The van der Waals surface area contributed by atoms with Crippen LogP contribution in [0.4, 0.5) is 8.78 Å². The first-order valence-electron chi connectivity index (χ1n) is 6.52. The van der Waals surface area contributed by atoms with Gasteiger partial charge in [0.05, 0.1) is 12.6 Å². The van der Waals surface area contributed by atoms with Crippen molar-refractivity contribution in [1.29, 1.82) is 0 Å². The lowest BCUT2D eigenvalue weighted by Crippen LogP contribution is -2.20. The van der Waals surface area contributed by atoms with Gasteiger partial charge in [0.1, 0.15) is 12.4 Å². The van der Waals surface area contributed by atoms with Crippen molar-refractivity contribution in [3.8, 4) is 5.75 Å². The van der Waals surface area contributed by atoms with Gasteiger partial charge in [-0.2, -0.15) is 0 Å². The van der Waals surface area contributed by atoms with E-state index in [0.29, 0.717) is 12.4 Å². The molecule has 0 spiro atoms. The lowest BCUT2D eigenvalue weighted by molar-refractivity contribution is 0.184. The molecule has 0 amide bonds. The molecule has 2 N–H and O–H groups in total. The normalized spacial score (nSPS) is 12.2. The smallest absolute Gasteiger partial charge is 0.163 e. The quantitative estimate of drug-likeness (QED) is 0.889. The van der Waals surface area contributed by atoms with Crippen LogP contribution in [0.5, 0.6) is 5.75 Å². The standard InChI is InChI=1S/C16H17F2NO2/c1-20-9-11-4-2-5-12(8-11)21-10-15(19)13-6-3-7-14(17)16(13)18/h2-8,15H,9-10,19H2,1H3. The van der Waals surface area contributed by atoms with E-state index in [4.69, 9.17) is 15.2 Å². The molecule has 0 aromatic heterocycles. The maximum atomic E-state index is 13.6. The Morgan fingerprint density at radius 2 is 1.90 bits per heavy atom. The molecule has 0 aliphatic rings. The summed E-state index contributed by atoms with van der Waals surface area (Å²) in [6.07, 6.45) is 0. The van der Waals surface area contributed by atoms with Gasteiger partial charge in [-0.05, 0) is 23.8 Å². The van der Waals surface area contributed by atoms with Crippen LogP contribution in [-0.4, -0.2) is 13.7 Å². The SMILES string of the molecule is COCc1cccc(OCC(N)c2cccc(F)c2F)c1. The van der Waals surface area contributed by atoms with E-state index in [1.54, 1.807) is 13.2 Å². The fraction of sp³-hybridized carbons (Fsp3) is 0.250. The van der Waals surface area contributed by atoms with Crippen LogP contribution in [0.1, 0.15) is 17.2 Å². The zero-order valence-electron chi connectivity index (χ0n) is 11.7. The predicted molar refractivity (Wildman–Crippen MR) is 75.9 cm³/mol. The number of methoxy groups -OCH3 is 1. The fourth-order valence-corrected chi connectivity index (χ4v) is 1.97. The molecule has 0 aliphatic heterocycles. The summed E-state index contributed by atoms with van der Waals surface area (Å²) in [5.41, 5.74) is 6.91. The summed E-state index contributed by atoms with van der Waals surface area (Å²) in [7, 11) is 1.61. The Balaban J connectivity index is 2.02. The number of benzene rings is 2. The molecule has 0 saturated heterocycles. The molecule has 1 atom stereocenters. The predicted octanol–water partition coefficient (Wildman–Crippen LogP) is 3.19. The van der Waals surface area contributed by atoms with Gasteiger partial charge in [-0.1, -0.05) is 24.3 Å². The van der Waals surface area contributed by atoms with Crippen molar-refractivity contribution < 1.29 is 18.3 Å². The van der Waals surface area contributed by atoms with E-state index >= 15 is 0 Å². The number of hydrogen-bond acceptors (Lipinski definition) is 3. The van der Waals surface area contributed by atoms with Crippen LogP contribution in [0.25, 0.3) is 0 Å². The second-order valence-electron chi connectivity index (χ2n) is 4.64. The maximum Gasteiger partial charge on any atom is 0.163 e. The number of hydrogen-bond donors (Lipinski definition) is 1. The Hall–Kier alpha value is -1.98. The van der Waals surface area contributed by atoms with Crippen molar-refractivity contribution in [2.45, 2.75) is 12.6 Å². The largest absolute Gasteiger partial charge is 0.492 e. The first-order valence-corrected chi connectivity index (χ1v) is 6.52. The average molecular weight is 293 g/mol. The van der Waals surface area contributed by atoms with Crippen molar-refractivity contribution in [3.63, 3.8) is 0 Å². The Labute approximate surface area is 122 Å². The van der Waals surface area contributed by atoms with E-state index in [1.807, 2.05) is 18.2 Å². The van der Waals surface area contributed by atoms with Gasteiger partial charge in [0.2, 0.25) is 0 Å². The van der Waals surface area contributed by atoms with Gasteiger partial charge in [0.25, 0.3) is 0 Å². The molecule has 1 unspecified atom stereocenters. The molecule has 2 aromatic carbocycles. The topological polar surface area (TPSA) is 44.5 Å². The highest BCUT2D eigenvalue weighted by molar-refractivity contribution is 5.28. The highest BCUT2D eigenvalue weighted by Gasteiger charge is 2.15. The average Bonchev–Trinajstić information content (AvgIpc) is 2.48. The molecule has 0 fully saturated rings. The summed E-state index contributed by atoms with van der Waals surface area (Å²) in [5, 5.41) is 0. The van der Waals surface area contributed by atoms with Gasteiger partial charge in [-0.3, -0.25) is 0 Å². The molecular formula is C16H17F2NO2. The minimum Gasteiger partial charge on any atom is -0.492 e. The van der Waals surface area contributed by atoms with Crippen LogP contribution in [0, 0.1) is 11.6 Å². The van der Waals surface area contributed by atoms with Crippen molar-refractivity contribution in [2.75, 3.05) is 13.7 Å². The molecule has 0 heterocycles.